The minimum Gasteiger partial charge on any atom is -0.345 e. The number of halogens is 1. The number of nitrogens with one attached hydrogen (secondary N) is 1. The molecule has 1 N–H and O–H groups in total. The SMILES string of the molecule is CCN(C)C(=O)C(C)NS(=O)(=O)c1cccc(F)c1C#N. The van der Waals surface area contributed by atoms with Crippen LogP contribution in [0, 0.1) is 17.1 Å². The van der Waals surface area contributed by atoms with Gasteiger partial charge in [0.25, 0.3) is 0 Å². The highest BCUT2D eigenvalue weighted by Gasteiger charge is 2.26. The molecule has 0 aliphatic rings. The lowest BCUT2D eigenvalue weighted by molar-refractivity contribution is -0.131. The molecule has 0 saturated carbocycles. The molecule has 8 heteroatoms. The molecule has 0 aliphatic carbocycles. The van der Waals surface area contributed by atoms with Gasteiger partial charge >= 0.3 is 0 Å². The van der Waals surface area contributed by atoms with Crippen LogP contribution in [0.5, 0.6) is 0 Å². The van der Waals surface area contributed by atoms with Crippen LogP contribution in [0.15, 0.2) is 23.1 Å². The summed E-state index contributed by atoms with van der Waals surface area (Å²) in [5.41, 5.74) is -0.575. The Morgan fingerprint density at radius 2 is 2.14 bits per heavy atom. The third kappa shape index (κ3) is 3.77. The number of hydrogen-bond donors (Lipinski definition) is 1. The van der Waals surface area contributed by atoms with E-state index < -0.39 is 38.2 Å². The fourth-order valence-electron chi connectivity index (χ4n) is 1.67. The van der Waals surface area contributed by atoms with Gasteiger partial charge in [0.05, 0.1) is 6.04 Å². The third-order valence-electron chi connectivity index (χ3n) is 2.93. The van der Waals surface area contributed by atoms with Crippen LogP contribution in [0.3, 0.4) is 0 Å². The van der Waals surface area contributed by atoms with Crippen molar-refractivity contribution in [2.75, 3.05) is 13.6 Å². The largest absolute Gasteiger partial charge is 0.345 e. The first-order valence-corrected chi connectivity index (χ1v) is 7.68. The number of benzene rings is 1. The van der Waals surface area contributed by atoms with Crippen LogP contribution < -0.4 is 4.72 Å². The van der Waals surface area contributed by atoms with Crippen LogP contribution in [0.4, 0.5) is 4.39 Å². The number of amides is 1. The monoisotopic (exact) mass is 313 g/mol. The van der Waals surface area contributed by atoms with Crippen molar-refractivity contribution < 1.29 is 17.6 Å². The average molecular weight is 313 g/mol. The Hall–Kier alpha value is -1.98. The molecular formula is C13H16FN3O3S. The van der Waals surface area contributed by atoms with Gasteiger partial charge in [-0.15, -0.1) is 0 Å². The number of nitriles is 1. The zero-order valence-corrected chi connectivity index (χ0v) is 12.7. The highest BCUT2D eigenvalue weighted by atomic mass is 32.2. The molecule has 1 rings (SSSR count). The van der Waals surface area contributed by atoms with Crippen LogP contribution in [0.2, 0.25) is 0 Å². The molecule has 0 bridgehead atoms. The van der Waals surface area contributed by atoms with Gasteiger partial charge in [-0.1, -0.05) is 6.07 Å². The first kappa shape index (κ1) is 17.1. The summed E-state index contributed by atoms with van der Waals surface area (Å²) in [5.74, 6) is -1.35. The third-order valence-corrected chi connectivity index (χ3v) is 4.51. The van der Waals surface area contributed by atoms with Crippen molar-refractivity contribution in [2.24, 2.45) is 0 Å². The molecule has 0 spiro atoms. The molecule has 6 nitrogen and oxygen atoms in total. The van der Waals surface area contributed by atoms with Crippen molar-refractivity contribution in [3.63, 3.8) is 0 Å². The minimum atomic E-state index is -4.17. The van der Waals surface area contributed by atoms with Gasteiger partial charge < -0.3 is 4.90 Å². The normalized spacial score (nSPS) is 12.5. The number of hydrogen-bond acceptors (Lipinski definition) is 4. The molecule has 114 valence electrons. The Labute approximate surface area is 123 Å². The lowest BCUT2D eigenvalue weighted by Crippen LogP contribution is -2.45. The molecule has 21 heavy (non-hydrogen) atoms. The molecule has 0 aromatic heterocycles. The molecule has 1 unspecified atom stereocenters. The van der Waals surface area contributed by atoms with Gasteiger partial charge in [0.1, 0.15) is 22.3 Å². The van der Waals surface area contributed by atoms with E-state index in [2.05, 4.69) is 4.72 Å². The maximum Gasteiger partial charge on any atom is 0.242 e. The van der Waals surface area contributed by atoms with Crippen molar-refractivity contribution in [1.82, 2.24) is 9.62 Å². The molecule has 0 heterocycles. The molecule has 0 aliphatic heterocycles. The van der Waals surface area contributed by atoms with Crippen molar-refractivity contribution in [1.29, 1.82) is 5.26 Å². The molecule has 1 aromatic rings. The number of carbonyl (C=O) groups is 1. The lowest BCUT2D eigenvalue weighted by Gasteiger charge is -2.20. The summed E-state index contributed by atoms with van der Waals surface area (Å²) in [6.07, 6.45) is 0. The number of likely N-dealkylation sites (N-methyl/N-ethyl adjacent to an activating group) is 1. The van der Waals surface area contributed by atoms with Gasteiger partial charge in [0, 0.05) is 13.6 Å². The number of nitrogens with zero attached hydrogens (tertiary/aromatic N) is 2. The van der Waals surface area contributed by atoms with E-state index in [1.165, 1.54) is 31.0 Å². The Morgan fingerprint density at radius 3 is 2.67 bits per heavy atom. The van der Waals surface area contributed by atoms with Crippen molar-refractivity contribution in [3.05, 3.63) is 29.6 Å². The standard InChI is InChI=1S/C13H16FN3O3S/c1-4-17(3)13(18)9(2)16-21(19,20)12-7-5-6-11(14)10(12)8-15/h5-7,9,16H,4H2,1-3H3. The van der Waals surface area contributed by atoms with E-state index in [0.717, 1.165) is 12.1 Å². The number of carbonyl (C=O) groups excluding carboxylic acids is 1. The summed E-state index contributed by atoms with van der Waals surface area (Å²) < 4.78 is 40.0. The quantitative estimate of drug-likeness (QED) is 0.872. The van der Waals surface area contributed by atoms with Gasteiger partial charge in [0.15, 0.2) is 0 Å². The van der Waals surface area contributed by atoms with Crippen LogP contribution >= 0.6 is 0 Å². The molecule has 0 radical (unpaired) electrons. The van der Waals surface area contributed by atoms with Crippen molar-refractivity contribution >= 4 is 15.9 Å². The van der Waals surface area contributed by atoms with Gasteiger partial charge in [-0.3, -0.25) is 4.79 Å². The Balaban J connectivity index is 3.12. The molecule has 1 amide bonds. The van der Waals surface area contributed by atoms with E-state index in [4.69, 9.17) is 5.26 Å². The van der Waals surface area contributed by atoms with Crippen LogP contribution in [-0.2, 0) is 14.8 Å². The van der Waals surface area contributed by atoms with Crippen LogP contribution in [-0.4, -0.2) is 38.9 Å². The topological polar surface area (TPSA) is 90.3 Å². The molecular weight excluding hydrogens is 297 g/mol. The minimum absolute atomic E-state index is 0.420. The lowest BCUT2D eigenvalue weighted by atomic mass is 10.2. The maximum absolute atomic E-state index is 13.5. The Morgan fingerprint density at radius 1 is 1.52 bits per heavy atom. The molecule has 1 atom stereocenters. The summed E-state index contributed by atoms with van der Waals surface area (Å²) in [7, 11) is -2.63. The number of rotatable bonds is 5. The summed E-state index contributed by atoms with van der Waals surface area (Å²) >= 11 is 0. The number of sulfonamides is 1. The van der Waals surface area contributed by atoms with Gasteiger partial charge in [-0.25, -0.2) is 12.8 Å². The predicted molar refractivity (Wildman–Crippen MR) is 74.2 cm³/mol. The summed E-state index contributed by atoms with van der Waals surface area (Å²) in [6, 6.07) is 3.80. The van der Waals surface area contributed by atoms with E-state index in [1.807, 2.05) is 0 Å². The zero-order valence-electron chi connectivity index (χ0n) is 11.9. The Kier molecular flexibility index (Phi) is 5.41. The van der Waals surface area contributed by atoms with E-state index in [1.54, 1.807) is 6.92 Å². The van der Waals surface area contributed by atoms with Crippen molar-refractivity contribution in [2.45, 2.75) is 24.8 Å². The molecule has 0 saturated heterocycles. The highest BCUT2D eigenvalue weighted by Crippen LogP contribution is 2.18. The first-order valence-electron chi connectivity index (χ1n) is 6.20. The second-order valence-corrected chi connectivity index (χ2v) is 6.10. The summed E-state index contributed by atoms with van der Waals surface area (Å²) in [5, 5.41) is 8.87. The average Bonchev–Trinajstić information content (AvgIpc) is 2.44. The van der Waals surface area contributed by atoms with E-state index >= 15 is 0 Å². The second-order valence-electron chi connectivity index (χ2n) is 4.42. The maximum atomic E-state index is 13.5. The van der Waals surface area contributed by atoms with Gasteiger partial charge in [-0.2, -0.15) is 9.98 Å². The van der Waals surface area contributed by atoms with Crippen LogP contribution in [0.1, 0.15) is 19.4 Å². The fraction of sp³-hybridized carbons (Fsp3) is 0.385. The van der Waals surface area contributed by atoms with Crippen molar-refractivity contribution in [3.8, 4) is 6.07 Å². The van der Waals surface area contributed by atoms with Crippen LogP contribution in [0.25, 0.3) is 0 Å². The fourth-order valence-corrected chi connectivity index (χ4v) is 3.03. The zero-order chi connectivity index (χ0) is 16.2. The van der Waals surface area contributed by atoms with E-state index in [-0.39, 0.29) is 0 Å². The highest BCUT2D eigenvalue weighted by molar-refractivity contribution is 7.89. The van der Waals surface area contributed by atoms with Gasteiger partial charge in [0.2, 0.25) is 15.9 Å². The predicted octanol–water partition coefficient (Wildman–Crippen LogP) is 0.842. The summed E-state index contributed by atoms with van der Waals surface area (Å²) in [4.78, 5) is 12.7. The van der Waals surface area contributed by atoms with E-state index in [9.17, 15) is 17.6 Å². The molecule has 0 fully saturated rings. The van der Waals surface area contributed by atoms with E-state index in [0.29, 0.717) is 6.54 Å². The van der Waals surface area contributed by atoms with Gasteiger partial charge in [-0.05, 0) is 26.0 Å². The first-order chi connectivity index (χ1) is 9.74. The molecule has 1 aromatic carbocycles. The Bertz CT molecular complexity index is 682. The smallest absolute Gasteiger partial charge is 0.242 e. The summed E-state index contributed by atoms with van der Waals surface area (Å²) in [6.45, 7) is 3.56. The second kappa shape index (κ2) is 6.65.